The van der Waals surface area contributed by atoms with E-state index < -0.39 is 0 Å². The van der Waals surface area contributed by atoms with Crippen molar-refractivity contribution in [3.05, 3.63) is 194 Å². The molecule has 242 valence electrons. The Balaban J connectivity index is 1.02. The maximum Gasteiger partial charge on any atom is 0.0547 e. The zero-order valence-electron chi connectivity index (χ0n) is 28.4. The van der Waals surface area contributed by atoms with E-state index in [2.05, 4.69) is 203 Å². The molecular weight excluding hydrogens is 629 g/mol. The van der Waals surface area contributed by atoms with Crippen LogP contribution < -0.4 is 0 Å². The van der Waals surface area contributed by atoms with E-state index in [9.17, 15) is 0 Å². The Bertz CT molecular complexity index is 3160. The molecule has 0 aliphatic carbocycles. The summed E-state index contributed by atoms with van der Waals surface area (Å²) in [7, 11) is 0. The summed E-state index contributed by atoms with van der Waals surface area (Å²) in [5, 5.41) is 10.1. The second kappa shape index (κ2) is 11.3. The minimum atomic E-state index is 1.17. The number of nitrogens with zero attached hydrogens (tertiary/aromatic N) is 2. The first kappa shape index (κ1) is 28.9. The second-order valence-corrected chi connectivity index (χ2v) is 13.8. The molecule has 11 aromatic rings. The molecule has 9 aromatic carbocycles. The summed E-state index contributed by atoms with van der Waals surface area (Å²) in [6.07, 6.45) is 0. The Kier molecular flexibility index (Phi) is 6.28. The van der Waals surface area contributed by atoms with Crippen LogP contribution >= 0.6 is 0 Å². The van der Waals surface area contributed by atoms with Crippen LogP contribution in [0.25, 0.3) is 98.8 Å². The number of fused-ring (bicyclic) bond motifs is 9. The molecule has 0 unspecified atom stereocenters. The quantitative estimate of drug-likeness (QED) is 0.178. The number of aromatic nitrogens is 2. The van der Waals surface area contributed by atoms with Gasteiger partial charge in [0.05, 0.1) is 22.1 Å². The summed E-state index contributed by atoms with van der Waals surface area (Å²) in [5.41, 5.74) is 12.1. The van der Waals surface area contributed by atoms with Gasteiger partial charge in [0, 0.05) is 32.9 Å². The minimum Gasteiger partial charge on any atom is -0.309 e. The predicted molar refractivity (Wildman–Crippen MR) is 221 cm³/mol. The zero-order chi connectivity index (χ0) is 34.2. The van der Waals surface area contributed by atoms with Crippen LogP contribution in [0.4, 0.5) is 0 Å². The highest BCUT2D eigenvalue weighted by molar-refractivity contribution is 6.22. The van der Waals surface area contributed by atoms with Crippen LogP contribution in [0.3, 0.4) is 0 Å². The summed E-state index contributed by atoms with van der Waals surface area (Å²) < 4.78 is 4.80. The highest BCUT2D eigenvalue weighted by Gasteiger charge is 2.17. The van der Waals surface area contributed by atoms with Gasteiger partial charge in [0.2, 0.25) is 0 Å². The molecule has 2 heteroatoms. The second-order valence-electron chi connectivity index (χ2n) is 13.8. The summed E-state index contributed by atoms with van der Waals surface area (Å²) in [4.78, 5) is 0. The molecule has 0 atom stereocenters. The number of para-hydroxylation sites is 2. The smallest absolute Gasteiger partial charge is 0.0547 e. The lowest BCUT2D eigenvalue weighted by Crippen LogP contribution is -1.93. The molecule has 0 aliphatic heterocycles. The Morgan fingerprint density at radius 3 is 1.54 bits per heavy atom. The Morgan fingerprint density at radius 1 is 0.250 bits per heavy atom. The molecule has 2 aromatic heterocycles. The van der Waals surface area contributed by atoms with Gasteiger partial charge >= 0.3 is 0 Å². The van der Waals surface area contributed by atoms with Gasteiger partial charge in [0.25, 0.3) is 0 Å². The maximum absolute atomic E-state index is 2.40. The summed E-state index contributed by atoms with van der Waals surface area (Å²) >= 11 is 0. The van der Waals surface area contributed by atoms with Crippen LogP contribution in [0.1, 0.15) is 0 Å². The molecule has 0 amide bonds. The van der Waals surface area contributed by atoms with Crippen molar-refractivity contribution in [1.82, 2.24) is 9.13 Å². The first-order chi connectivity index (χ1) is 25.8. The molecule has 0 saturated heterocycles. The fraction of sp³-hybridized carbons (Fsp3) is 0. The van der Waals surface area contributed by atoms with Crippen molar-refractivity contribution in [2.45, 2.75) is 0 Å². The van der Waals surface area contributed by atoms with E-state index in [1.165, 1.54) is 98.8 Å². The molecule has 0 bridgehead atoms. The highest BCUT2D eigenvalue weighted by Crippen LogP contribution is 2.40. The number of rotatable bonds is 4. The third-order valence-corrected chi connectivity index (χ3v) is 10.9. The van der Waals surface area contributed by atoms with Gasteiger partial charge in [-0.1, -0.05) is 133 Å². The van der Waals surface area contributed by atoms with Crippen LogP contribution in [-0.4, -0.2) is 9.13 Å². The lowest BCUT2D eigenvalue weighted by molar-refractivity contribution is 1.18. The Morgan fingerprint density at radius 2 is 0.769 bits per heavy atom. The van der Waals surface area contributed by atoms with E-state index >= 15 is 0 Å². The van der Waals surface area contributed by atoms with Crippen LogP contribution in [0.5, 0.6) is 0 Å². The van der Waals surface area contributed by atoms with Gasteiger partial charge in [-0.05, 0) is 104 Å². The van der Waals surface area contributed by atoms with Gasteiger partial charge in [-0.25, -0.2) is 0 Å². The van der Waals surface area contributed by atoms with Crippen molar-refractivity contribution in [3.63, 3.8) is 0 Å². The van der Waals surface area contributed by atoms with Crippen molar-refractivity contribution < 1.29 is 0 Å². The Hall–Kier alpha value is -6.90. The first-order valence-electron chi connectivity index (χ1n) is 17.9. The topological polar surface area (TPSA) is 9.86 Å². The normalized spacial score (nSPS) is 11.8. The monoisotopic (exact) mass is 660 g/mol. The van der Waals surface area contributed by atoms with Crippen LogP contribution in [0.2, 0.25) is 0 Å². The molecule has 0 radical (unpaired) electrons. The molecule has 2 nitrogen and oxygen atoms in total. The van der Waals surface area contributed by atoms with Crippen molar-refractivity contribution >= 4 is 65.2 Å². The minimum absolute atomic E-state index is 1.17. The molecule has 11 rings (SSSR count). The summed E-state index contributed by atoms with van der Waals surface area (Å²) in [6.45, 7) is 0. The molecule has 0 fully saturated rings. The molecule has 2 heterocycles. The lowest BCUT2D eigenvalue weighted by atomic mass is 9.97. The van der Waals surface area contributed by atoms with Gasteiger partial charge in [-0.15, -0.1) is 0 Å². The SMILES string of the molecule is c1ccc(-n2c3ccc(-c4ccc(-c5ccc6c(c5)c5ccccc5n6-c5ccc6ccccc6c5)cc4)cc3c3c4ccccc4ccc32)cc1. The number of hydrogen-bond donors (Lipinski definition) is 0. The summed E-state index contributed by atoms with van der Waals surface area (Å²) in [6, 6.07) is 71.0. The largest absolute Gasteiger partial charge is 0.309 e. The van der Waals surface area contributed by atoms with Gasteiger partial charge in [-0.3, -0.25) is 0 Å². The van der Waals surface area contributed by atoms with Crippen molar-refractivity contribution in [2.24, 2.45) is 0 Å². The summed E-state index contributed by atoms with van der Waals surface area (Å²) in [5.74, 6) is 0. The van der Waals surface area contributed by atoms with Crippen molar-refractivity contribution in [2.75, 3.05) is 0 Å². The van der Waals surface area contributed by atoms with E-state index in [0.29, 0.717) is 0 Å². The molecule has 52 heavy (non-hydrogen) atoms. The van der Waals surface area contributed by atoms with Gasteiger partial charge in [0.1, 0.15) is 0 Å². The molecule has 0 saturated carbocycles. The molecule has 0 N–H and O–H groups in total. The fourth-order valence-corrected chi connectivity index (χ4v) is 8.43. The van der Waals surface area contributed by atoms with Crippen LogP contribution in [0.15, 0.2) is 194 Å². The van der Waals surface area contributed by atoms with E-state index in [1.54, 1.807) is 0 Å². The molecule has 0 aliphatic rings. The zero-order valence-corrected chi connectivity index (χ0v) is 28.4. The molecule has 0 spiro atoms. The van der Waals surface area contributed by atoms with E-state index in [4.69, 9.17) is 0 Å². The number of hydrogen-bond acceptors (Lipinski definition) is 0. The highest BCUT2D eigenvalue weighted by atomic mass is 15.0. The third-order valence-electron chi connectivity index (χ3n) is 10.9. The van der Waals surface area contributed by atoms with Crippen LogP contribution in [-0.2, 0) is 0 Å². The van der Waals surface area contributed by atoms with Gasteiger partial charge in [-0.2, -0.15) is 0 Å². The van der Waals surface area contributed by atoms with E-state index in [-0.39, 0.29) is 0 Å². The fourth-order valence-electron chi connectivity index (χ4n) is 8.43. The van der Waals surface area contributed by atoms with Gasteiger partial charge in [0.15, 0.2) is 0 Å². The predicted octanol–water partition coefficient (Wildman–Crippen LogP) is 13.5. The van der Waals surface area contributed by atoms with Crippen molar-refractivity contribution in [1.29, 1.82) is 0 Å². The maximum atomic E-state index is 2.40. The first-order valence-corrected chi connectivity index (χ1v) is 17.9. The average Bonchev–Trinajstić information content (AvgIpc) is 3.73. The van der Waals surface area contributed by atoms with E-state index in [0.717, 1.165) is 0 Å². The third kappa shape index (κ3) is 4.38. The average molecular weight is 661 g/mol. The Labute approximate surface area is 301 Å². The van der Waals surface area contributed by atoms with E-state index in [1.807, 2.05) is 0 Å². The van der Waals surface area contributed by atoms with Gasteiger partial charge < -0.3 is 9.13 Å². The van der Waals surface area contributed by atoms with Crippen LogP contribution in [0, 0.1) is 0 Å². The number of benzene rings is 9. The lowest BCUT2D eigenvalue weighted by Gasteiger charge is -2.10. The standard InChI is InChI=1S/C50H32N2/c1-2-13-40(14-3-1)51-48-28-25-39(32-45(48)50-42-15-7-6-11-36(42)23-29-49(50)51)35-20-18-34(19-21-35)38-24-27-47-44(31-38)43-16-8-9-17-46(43)52(47)41-26-22-33-10-4-5-12-37(33)30-41/h1-32H. The molecular formula is C50H32N2. The van der Waals surface area contributed by atoms with Crippen molar-refractivity contribution in [3.8, 4) is 33.6 Å².